The van der Waals surface area contributed by atoms with Crippen molar-refractivity contribution in [1.29, 1.82) is 0 Å². The molecule has 0 saturated carbocycles. The van der Waals surface area contributed by atoms with Crippen molar-refractivity contribution in [2.45, 2.75) is 34.6 Å². The van der Waals surface area contributed by atoms with E-state index in [1.807, 2.05) is 39.2 Å². The number of nitrogens with one attached hydrogen (secondary N) is 3. The Hall–Kier alpha value is -2.63. The van der Waals surface area contributed by atoms with Gasteiger partial charge >= 0.3 is 0 Å². The van der Waals surface area contributed by atoms with E-state index in [0.717, 1.165) is 41.0 Å². The molecule has 0 radical (unpaired) electrons. The van der Waals surface area contributed by atoms with Crippen LogP contribution in [-0.4, -0.2) is 31.5 Å². The number of aryl methyl sites for hydroxylation is 3. The lowest BCUT2D eigenvalue weighted by atomic mass is 9.93. The SMILES string of the molecule is CNc1cc(C)cc(F)c1.Cc1cncc(C)c1NCC(C)(C)CNC=O. The minimum Gasteiger partial charge on any atom is -0.388 e. The molecule has 0 saturated heterocycles. The number of hydrogen-bond donors (Lipinski definition) is 3. The molecule has 1 aromatic carbocycles. The molecule has 0 fully saturated rings. The van der Waals surface area contributed by atoms with E-state index < -0.39 is 0 Å². The molecule has 0 aliphatic heterocycles. The quantitative estimate of drug-likeness (QED) is 0.640. The number of anilines is 2. The lowest BCUT2D eigenvalue weighted by Gasteiger charge is -2.26. The monoisotopic (exact) mass is 374 g/mol. The highest BCUT2D eigenvalue weighted by Crippen LogP contribution is 2.21. The Morgan fingerprint density at radius 2 is 1.70 bits per heavy atom. The third-order valence-electron chi connectivity index (χ3n) is 4.06. The fourth-order valence-electron chi connectivity index (χ4n) is 2.57. The van der Waals surface area contributed by atoms with E-state index in [1.165, 1.54) is 12.1 Å². The Bertz CT molecular complexity index is 706. The van der Waals surface area contributed by atoms with Gasteiger partial charge in [0.15, 0.2) is 0 Å². The highest BCUT2D eigenvalue weighted by molar-refractivity contribution is 5.55. The zero-order valence-corrected chi connectivity index (χ0v) is 17.1. The molecular weight excluding hydrogens is 343 g/mol. The van der Waals surface area contributed by atoms with Gasteiger partial charge in [-0.15, -0.1) is 0 Å². The molecule has 0 aliphatic carbocycles. The van der Waals surface area contributed by atoms with Gasteiger partial charge in [0.05, 0.1) is 0 Å². The number of aromatic nitrogens is 1. The number of carbonyl (C=O) groups excluding carboxylic acids is 1. The number of pyridine rings is 1. The maximum Gasteiger partial charge on any atom is 0.207 e. The molecule has 1 amide bonds. The van der Waals surface area contributed by atoms with Gasteiger partial charge in [-0.05, 0) is 61.1 Å². The van der Waals surface area contributed by atoms with E-state index in [9.17, 15) is 9.18 Å². The lowest BCUT2D eigenvalue weighted by Crippen LogP contribution is -2.34. The van der Waals surface area contributed by atoms with Gasteiger partial charge in [-0.1, -0.05) is 13.8 Å². The van der Waals surface area contributed by atoms with Gasteiger partial charge < -0.3 is 16.0 Å². The zero-order valence-electron chi connectivity index (χ0n) is 17.1. The summed E-state index contributed by atoms with van der Waals surface area (Å²) in [4.78, 5) is 14.4. The molecule has 1 heterocycles. The summed E-state index contributed by atoms with van der Waals surface area (Å²) in [7, 11) is 1.77. The van der Waals surface area contributed by atoms with E-state index in [0.29, 0.717) is 6.54 Å². The molecule has 2 aromatic rings. The normalized spacial score (nSPS) is 10.5. The van der Waals surface area contributed by atoms with Crippen LogP contribution in [0.15, 0.2) is 30.6 Å². The fraction of sp³-hybridized carbons (Fsp3) is 0.429. The van der Waals surface area contributed by atoms with Crippen molar-refractivity contribution in [2.24, 2.45) is 5.41 Å². The number of carbonyl (C=O) groups is 1. The van der Waals surface area contributed by atoms with Gasteiger partial charge in [0.1, 0.15) is 5.82 Å². The standard InChI is InChI=1S/C13H21N3O.C8H10FN/c1-10-5-14-6-11(2)12(10)16-8-13(3,4)7-15-9-17;1-6-3-7(9)5-8(4-6)10-2/h5-6,9H,7-8H2,1-4H3,(H,14,16)(H,15,17);3-5,10H,1-2H3. The summed E-state index contributed by atoms with van der Waals surface area (Å²) in [5.41, 5.74) is 5.19. The molecule has 0 bridgehead atoms. The molecule has 0 atom stereocenters. The molecular formula is C21H31FN4O. The Kier molecular flexibility index (Phi) is 8.72. The maximum absolute atomic E-state index is 12.6. The number of benzene rings is 1. The second-order valence-corrected chi connectivity index (χ2v) is 7.43. The van der Waals surface area contributed by atoms with Crippen molar-refractivity contribution >= 4 is 17.8 Å². The van der Waals surface area contributed by atoms with Crippen LogP contribution in [0.4, 0.5) is 15.8 Å². The third kappa shape index (κ3) is 8.07. The van der Waals surface area contributed by atoms with Crippen LogP contribution >= 0.6 is 0 Å². The maximum atomic E-state index is 12.6. The van der Waals surface area contributed by atoms with Gasteiger partial charge in [0.2, 0.25) is 6.41 Å². The van der Waals surface area contributed by atoms with Crippen molar-refractivity contribution in [3.63, 3.8) is 0 Å². The first-order valence-electron chi connectivity index (χ1n) is 8.95. The molecule has 0 spiro atoms. The largest absolute Gasteiger partial charge is 0.388 e. The van der Waals surface area contributed by atoms with E-state index >= 15 is 0 Å². The number of rotatable bonds is 7. The van der Waals surface area contributed by atoms with E-state index in [4.69, 9.17) is 0 Å². The zero-order chi connectivity index (χ0) is 20.4. The molecule has 27 heavy (non-hydrogen) atoms. The molecule has 2 rings (SSSR count). The summed E-state index contributed by atoms with van der Waals surface area (Å²) < 4.78 is 12.6. The van der Waals surface area contributed by atoms with Crippen LogP contribution in [-0.2, 0) is 4.79 Å². The molecule has 3 N–H and O–H groups in total. The first kappa shape index (κ1) is 22.4. The summed E-state index contributed by atoms with van der Waals surface area (Å²) in [5, 5.41) is 9.02. The third-order valence-corrected chi connectivity index (χ3v) is 4.06. The molecule has 0 unspecified atom stereocenters. The summed E-state index contributed by atoms with van der Waals surface area (Å²) in [6.45, 7) is 11.6. The molecule has 1 aromatic heterocycles. The van der Waals surface area contributed by atoms with Crippen molar-refractivity contribution < 1.29 is 9.18 Å². The van der Waals surface area contributed by atoms with E-state index in [-0.39, 0.29) is 11.2 Å². The predicted octanol–water partition coefficient (Wildman–Crippen LogP) is 4.06. The van der Waals surface area contributed by atoms with Crippen molar-refractivity contribution in [3.05, 3.63) is 53.1 Å². The number of nitrogens with zero attached hydrogens (tertiary/aromatic N) is 1. The smallest absolute Gasteiger partial charge is 0.207 e. The summed E-state index contributed by atoms with van der Waals surface area (Å²) in [6.07, 6.45) is 4.45. The number of hydrogen-bond acceptors (Lipinski definition) is 4. The van der Waals surface area contributed by atoms with Gasteiger partial charge in [-0.2, -0.15) is 0 Å². The first-order valence-corrected chi connectivity index (χ1v) is 8.95. The second kappa shape index (κ2) is 10.5. The van der Waals surface area contributed by atoms with E-state index in [1.54, 1.807) is 7.05 Å². The van der Waals surface area contributed by atoms with Gasteiger partial charge in [-0.3, -0.25) is 9.78 Å². The van der Waals surface area contributed by atoms with Crippen molar-refractivity contribution in [1.82, 2.24) is 10.3 Å². The lowest BCUT2D eigenvalue weighted by molar-refractivity contribution is -0.109. The van der Waals surface area contributed by atoms with Crippen LogP contribution in [0.1, 0.15) is 30.5 Å². The Balaban J connectivity index is 0.000000309. The topological polar surface area (TPSA) is 66.1 Å². The number of amides is 1. The molecule has 6 heteroatoms. The van der Waals surface area contributed by atoms with Crippen LogP contribution in [0, 0.1) is 32.0 Å². The highest BCUT2D eigenvalue weighted by atomic mass is 19.1. The second-order valence-electron chi connectivity index (χ2n) is 7.43. The van der Waals surface area contributed by atoms with Crippen LogP contribution in [0.5, 0.6) is 0 Å². The Morgan fingerprint density at radius 3 is 2.22 bits per heavy atom. The summed E-state index contributed by atoms with van der Waals surface area (Å²) in [6, 6.07) is 4.86. The van der Waals surface area contributed by atoms with Crippen LogP contribution < -0.4 is 16.0 Å². The average molecular weight is 375 g/mol. The predicted molar refractivity (Wildman–Crippen MR) is 111 cm³/mol. The van der Waals surface area contributed by atoms with Gasteiger partial charge in [0.25, 0.3) is 0 Å². The minimum absolute atomic E-state index is 0.0169. The highest BCUT2D eigenvalue weighted by Gasteiger charge is 2.17. The van der Waals surface area contributed by atoms with Crippen LogP contribution in [0.2, 0.25) is 0 Å². The summed E-state index contributed by atoms with van der Waals surface area (Å²) >= 11 is 0. The number of halogens is 1. The van der Waals surface area contributed by atoms with Crippen molar-refractivity contribution in [3.8, 4) is 0 Å². The summed E-state index contributed by atoms with van der Waals surface area (Å²) in [5.74, 6) is -0.190. The van der Waals surface area contributed by atoms with Crippen LogP contribution in [0.25, 0.3) is 0 Å². The fourth-order valence-corrected chi connectivity index (χ4v) is 2.57. The van der Waals surface area contributed by atoms with Crippen LogP contribution in [0.3, 0.4) is 0 Å². The molecule has 0 aliphatic rings. The first-order chi connectivity index (χ1) is 12.7. The van der Waals surface area contributed by atoms with E-state index in [2.05, 4.69) is 34.8 Å². The molecule has 148 valence electrons. The van der Waals surface area contributed by atoms with Gasteiger partial charge in [0, 0.05) is 43.9 Å². The Labute approximate surface area is 161 Å². The minimum atomic E-state index is -0.190. The average Bonchev–Trinajstić information content (AvgIpc) is 2.59. The Morgan fingerprint density at radius 1 is 1.07 bits per heavy atom. The van der Waals surface area contributed by atoms with Crippen molar-refractivity contribution in [2.75, 3.05) is 30.8 Å². The van der Waals surface area contributed by atoms with Gasteiger partial charge in [-0.25, -0.2) is 4.39 Å². The molecule has 5 nitrogen and oxygen atoms in total.